The Morgan fingerprint density at radius 1 is 1.28 bits per heavy atom. The lowest BCUT2D eigenvalue weighted by Crippen LogP contribution is -2.47. The minimum absolute atomic E-state index is 0.0420. The molecule has 2 heterocycles. The molecule has 1 amide bonds. The van der Waals surface area contributed by atoms with Crippen LogP contribution in [0.1, 0.15) is 18.5 Å². The molecule has 1 fully saturated rings. The first-order valence-corrected chi connectivity index (χ1v) is 8.59. The van der Waals surface area contributed by atoms with Crippen LogP contribution in [0, 0.1) is 0 Å². The molecule has 1 aromatic carbocycles. The lowest BCUT2D eigenvalue weighted by atomic mass is 10.1. The topological polar surface area (TPSA) is 85.2 Å². The molecule has 25 heavy (non-hydrogen) atoms. The summed E-state index contributed by atoms with van der Waals surface area (Å²) in [5.41, 5.74) is 1.07. The van der Waals surface area contributed by atoms with Gasteiger partial charge in [-0.25, -0.2) is 4.68 Å². The fraction of sp³-hybridized carbons (Fsp3) is 0.529. The third-order valence-corrected chi connectivity index (χ3v) is 4.28. The molecular weight excluding hydrogens is 320 g/mol. The molecule has 0 saturated carbocycles. The van der Waals surface area contributed by atoms with Crippen LogP contribution in [0.5, 0.6) is 0 Å². The van der Waals surface area contributed by atoms with Gasteiger partial charge in [0.15, 0.2) is 0 Å². The van der Waals surface area contributed by atoms with Gasteiger partial charge in [0.05, 0.1) is 13.2 Å². The Hall–Kier alpha value is -2.32. The van der Waals surface area contributed by atoms with Crippen molar-refractivity contribution in [2.75, 3.05) is 32.8 Å². The molecule has 0 aliphatic carbocycles. The van der Waals surface area contributed by atoms with Crippen LogP contribution in [0.3, 0.4) is 0 Å². The lowest BCUT2D eigenvalue weighted by molar-refractivity contribution is -0.125. The fourth-order valence-electron chi connectivity index (χ4n) is 3.01. The van der Waals surface area contributed by atoms with Gasteiger partial charge >= 0.3 is 0 Å². The van der Waals surface area contributed by atoms with Crippen molar-refractivity contribution in [3.63, 3.8) is 0 Å². The van der Waals surface area contributed by atoms with Crippen LogP contribution >= 0.6 is 0 Å². The molecular formula is C17H24N6O2. The van der Waals surface area contributed by atoms with Crippen LogP contribution in [0.15, 0.2) is 36.7 Å². The predicted octanol–water partition coefficient (Wildman–Crippen LogP) is 0.294. The number of nitrogens with one attached hydrogen (secondary N) is 1. The fourth-order valence-corrected chi connectivity index (χ4v) is 3.01. The highest BCUT2D eigenvalue weighted by atomic mass is 16.5. The summed E-state index contributed by atoms with van der Waals surface area (Å²) in [4.78, 5) is 15.1. The van der Waals surface area contributed by atoms with E-state index in [2.05, 4.69) is 25.7 Å². The zero-order valence-corrected chi connectivity index (χ0v) is 14.4. The van der Waals surface area contributed by atoms with Gasteiger partial charge < -0.3 is 10.1 Å². The number of amides is 1. The molecule has 134 valence electrons. The third-order valence-electron chi connectivity index (χ3n) is 4.28. The highest BCUT2D eigenvalue weighted by Gasteiger charge is 2.24. The van der Waals surface area contributed by atoms with Crippen molar-refractivity contribution in [1.29, 1.82) is 0 Å². The predicted molar refractivity (Wildman–Crippen MR) is 91.9 cm³/mol. The quantitative estimate of drug-likeness (QED) is 0.777. The van der Waals surface area contributed by atoms with Crippen molar-refractivity contribution in [2.45, 2.75) is 25.4 Å². The van der Waals surface area contributed by atoms with E-state index in [-0.39, 0.29) is 11.9 Å². The molecule has 0 unspecified atom stereocenters. The monoisotopic (exact) mass is 344 g/mol. The van der Waals surface area contributed by atoms with E-state index >= 15 is 0 Å². The van der Waals surface area contributed by atoms with Crippen molar-refractivity contribution < 1.29 is 9.53 Å². The molecule has 2 aromatic rings. The number of hydrogen-bond acceptors (Lipinski definition) is 6. The summed E-state index contributed by atoms with van der Waals surface area (Å²) in [7, 11) is 0. The van der Waals surface area contributed by atoms with Crippen LogP contribution in [0.2, 0.25) is 0 Å². The minimum atomic E-state index is -0.468. The number of benzene rings is 1. The number of ether oxygens (including phenoxy) is 1. The van der Waals surface area contributed by atoms with E-state index in [4.69, 9.17) is 4.74 Å². The Morgan fingerprint density at radius 2 is 2.04 bits per heavy atom. The van der Waals surface area contributed by atoms with E-state index in [0.29, 0.717) is 6.42 Å². The van der Waals surface area contributed by atoms with E-state index in [1.165, 1.54) is 11.0 Å². The molecule has 3 rings (SSSR count). The van der Waals surface area contributed by atoms with Gasteiger partial charge in [-0.15, -0.1) is 5.10 Å². The van der Waals surface area contributed by atoms with Crippen molar-refractivity contribution in [1.82, 2.24) is 30.4 Å². The molecule has 1 aliphatic heterocycles. The van der Waals surface area contributed by atoms with Crippen molar-refractivity contribution >= 4 is 5.91 Å². The molecule has 1 N–H and O–H groups in total. The Balaban J connectivity index is 1.62. The Labute approximate surface area is 147 Å². The van der Waals surface area contributed by atoms with E-state index in [9.17, 15) is 4.79 Å². The second kappa shape index (κ2) is 8.68. The molecule has 0 spiro atoms. The van der Waals surface area contributed by atoms with Crippen molar-refractivity contribution in [3.8, 4) is 0 Å². The largest absolute Gasteiger partial charge is 0.379 e. The maximum Gasteiger partial charge on any atom is 0.245 e. The van der Waals surface area contributed by atoms with Gasteiger partial charge in [0.25, 0.3) is 0 Å². The smallest absolute Gasteiger partial charge is 0.245 e. The molecule has 8 heteroatoms. The minimum Gasteiger partial charge on any atom is -0.379 e. The van der Waals surface area contributed by atoms with Crippen LogP contribution < -0.4 is 5.32 Å². The summed E-state index contributed by atoms with van der Waals surface area (Å²) < 4.78 is 6.88. The second-order valence-electron chi connectivity index (χ2n) is 6.32. The first kappa shape index (κ1) is 17.5. The number of rotatable bonds is 7. The summed E-state index contributed by atoms with van der Waals surface area (Å²) in [5, 5.41) is 14.4. The Bertz CT molecular complexity index is 642. The van der Waals surface area contributed by atoms with Gasteiger partial charge in [-0.05, 0) is 22.9 Å². The first-order chi connectivity index (χ1) is 12.2. The summed E-state index contributed by atoms with van der Waals surface area (Å²) in [6, 6.07) is 9.46. The van der Waals surface area contributed by atoms with E-state index in [1.807, 2.05) is 37.3 Å². The number of aromatic nitrogens is 4. The third kappa shape index (κ3) is 5.07. The molecule has 1 aromatic heterocycles. The second-order valence-corrected chi connectivity index (χ2v) is 6.32. The number of carbonyl (C=O) groups is 1. The van der Waals surface area contributed by atoms with Gasteiger partial charge in [-0.1, -0.05) is 30.3 Å². The number of hydrogen-bond donors (Lipinski definition) is 1. The van der Waals surface area contributed by atoms with Gasteiger partial charge in [0.1, 0.15) is 12.4 Å². The normalized spacial score (nSPS) is 17.8. The number of tetrazole rings is 1. The van der Waals surface area contributed by atoms with Gasteiger partial charge in [-0.2, -0.15) is 0 Å². The standard InChI is InChI=1S/C17H24N6O2/c1-14(12-22-7-9-25-10-8-22)19-17(24)16(23-13-18-20-21-23)11-15-5-3-2-4-6-15/h2-6,13-14,16H,7-12H2,1H3,(H,19,24)/t14-,16+/m1/s1. The van der Waals surface area contributed by atoms with E-state index in [0.717, 1.165) is 38.4 Å². The maximum absolute atomic E-state index is 12.8. The molecule has 1 aliphatic rings. The van der Waals surface area contributed by atoms with Crippen LogP contribution in [-0.4, -0.2) is 69.9 Å². The zero-order valence-electron chi connectivity index (χ0n) is 14.4. The van der Waals surface area contributed by atoms with Gasteiger partial charge in [-0.3, -0.25) is 9.69 Å². The summed E-state index contributed by atoms with van der Waals surface area (Å²) in [6.45, 7) is 6.14. The summed E-state index contributed by atoms with van der Waals surface area (Å²) in [6.07, 6.45) is 2.03. The molecule has 0 radical (unpaired) electrons. The van der Waals surface area contributed by atoms with E-state index in [1.54, 1.807) is 0 Å². The zero-order chi connectivity index (χ0) is 17.5. The molecule has 8 nitrogen and oxygen atoms in total. The molecule has 1 saturated heterocycles. The number of morpholine rings is 1. The highest BCUT2D eigenvalue weighted by molar-refractivity contribution is 5.80. The van der Waals surface area contributed by atoms with Crippen LogP contribution in [-0.2, 0) is 16.0 Å². The first-order valence-electron chi connectivity index (χ1n) is 8.59. The Morgan fingerprint density at radius 3 is 2.72 bits per heavy atom. The van der Waals surface area contributed by atoms with Crippen LogP contribution in [0.25, 0.3) is 0 Å². The van der Waals surface area contributed by atoms with Crippen LogP contribution in [0.4, 0.5) is 0 Å². The maximum atomic E-state index is 12.8. The van der Waals surface area contributed by atoms with E-state index < -0.39 is 6.04 Å². The van der Waals surface area contributed by atoms with Gasteiger partial charge in [0.2, 0.25) is 5.91 Å². The average Bonchev–Trinajstić information content (AvgIpc) is 3.15. The lowest BCUT2D eigenvalue weighted by Gasteiger charge is -2.30. The summed E-state index contributed by atoms with van der Waals surface area (Å²) >= 11 is 0. The summed E-state index contributed by atoms with van der Waals surface area (Å²) in [5.74, 6) is -0.0723. The average molecular weight is 344 g/mol. The SMILES string of the molecule is C[C@H](CN1CCOCC1)NC(=O)[C@H](Cc1ccccc1)n1cnnn1. The van der Waals surface area contributed by atoms with Gasteiger partial charge in [0, 0.05) is 32.1 Å². The molecule has 0 bridgehead atoms. The number of carbonyl (C=O) groups excluding carboxylic acids is 1. The van der Waals surface area contributed by atoms with Crippen molar-refractivity contribution in [2.24, 2.45) is 0 Å². The Kier molecular flexibility index (Phi) is 6.08. The molecule has 2 atom stereocenters. The van der Waals surface area contributed by atoms with Crippen molar-refractivity contribution in [3.05, 3.63) is 42.2 Å². The number of nitrogens with zero attached hydrogens (tertiary/aromatic N) is 5. The highest BCUT2D eigenvalue weighted by Crippen LogP contribution is 2.13.